The van der Waals surface area contributed by atoms with Crippen molar-refractivity contribution in [3.05, 3.63) is 28.5 Å². The van der Waals surface area contributed by atoms with Crippen LogP contribution in [0.2, 0.25) is 0 Å². The van der Waals surface area contributed by atoms with Crippen molar-refractivity contribution in [3.63, 3.8) is 0 Å². The topological polar surface area (TPSA) is 45.7 Å². The quantitative estimate of drug-likeness (QED) is 0.671. The molecule has 1 spiro atoms. The largest absolute Gasteiger partial charge is 0.444 e. The molecule has 2 fully saturated rings. The molecule has 1 aromatic heterocycles. The van der Waals surface area contributed by atoms with Gasteiger partial charge in [0.2, 0.25) is 0 Å². The Labute approximate surface area is 165 Å². The van der Waals surface area contributed by atoms with Gasteiger partial charge in [-0.25, -0.2) is 4.79 Å². The SMILES string of the molecule is CC(C)(C)OC(=O)N1CC2(CCN(C(c3ccc(Br)cn3)C(F)(F)F)C2)C1. The number of hydrogen-bond acceptors (Lipinski definition) is 4. The van der Waals surface area contributed by atoms with Crippen LogP contribution in [0.3, 0.4) is 0 Å². The molecule has 5 nitrogen and oxygen atoms in total. The molecule has 0 radical (unpaired) electrons. The molecule has 3 heterocycles. The van der Waals surface area contributed by atoms with Gasteiger partial charge in [-0.05, 0) is 61.8 Å². The van der Waals surface area contributed by atoms with Crippen molar-refractivity contribution >= 4 is 22.0 Å². The molecule has 2 aliphatic rings. The van der Waals surface area contributed by atoms with E-state index >= 15 is 0 Å². The maximum Gasteiger partial charge on any atom is 0.410 e. The number of likely N-dealkylation sites (tertiary alicyclic amines) is 2. The lowest BCUT2D eigenvalue weighted by molar-refractivity contribution is -0.186. The van der Waals surface area contributed by atoms with Crippen molar-refractivity contribution in [2.45, 2.75) is 45.0 Å². The molecular weight excluding hydrogens is 427 g/mol. The van der Waals surface area contributed by atoms with Gasteiger partial charge in [0, 0.05) is 35.7 Å². The van der Waals surface area contributed by atoms with E-state index in [-0.39, 0.29) is 17.7 Å². The third-order valence-corrected chi connectivity index (χ3v) is 5.35. The lowest BCUT2D eigenvalue weighted by atomic mass is 9.79. The zero-order valence-electron chi connectivity index (χ0n) is 15.5. The summed E-state index contributed by atoms with van der Waals surface area (Å²) in [5, 5.41) is 0. The predicted octanol–water partition coefficient (Wildman–Crippen LogP) is 4.39. The standard InChI is InChI=1S/C18H23BrF3N3O2/c1-16(2,3)27-15(26)25-10-17(11-25)6-7-24(9-17)14(18(20,21)22)13-5-4-12(19)8-23-13/h4-5,8,14H,6-7,9-11H2,1-3H3. The van der Waals surface area contributed by atoms with Crippen molar-refractivity contribution in [2.75, 3.05) is 26.2 Å². The van der Waals surface area contributed by atoms with Crippen LogP contribution in [-0.2, 0) is 4.74 Å². The molecule has 0 aromatic carbocycles. The highest BCUT2D eigenvalue weighted by atomic mass is 79.9. The minimum Gasteiger partial charge on any atom is -0.444 e. The molecule has 1 atom stereocenters. The summed E-state index contributed by atoms with van der Waals surface area (Å²) in [5.74, 6) is 0. The lowest BCUT2D eigenvalue weighted by Crippen LogP contribution is -2.60. The van der Waals surface area contributed by atoms with Gasteiger partial charge in [0.15, 0.2) is 0 Å². The molecule has 0 saturated carbocycles. The van der Waals surface area contributed by atoms with E-state index in [9.17, 15) is 18.0 Å². The summed E-state index contributed by atoms with van der Waals surface area (Å²) < 4.78 is 47.2. The first-order valence-corrected chi connectivity index (χ1v) is 9.58. The number of nitrogens with zero attached hydrogens (tertiary/aromatic N) is 3. The van der Waals surface area contributed by atoms with Crippen LogP contribution in [0.4, 0.5) is 18.0 Å². The first-order chi connectivity index (χ1) is 12.4. The van der Waals surface area contributed by atoms with Crippen LogP contribution < -0.4 is 0 Å². The van der Waals surface area contributed by atoms with Crippen molar-refractivity contribution in [3.8, 4) is 0 Å². The van der Waals surface area contributed by atoms with Crippen molar-refractivity contribution in [1.29, 1.82) is 0 Å². The van der Waals surface area contributed by atoms with Crippen molar-refractivity contribution in [2.24, 2.45) is 5.41 Å². The minimum absolute atomic E-state index is 0.00827. The Morgan fingerprint density at radius 1 is 1.26 bits per heavy atom. The third-order valence-electron chi connectivity index (χ3n) is 4.88. The Balaban J connectivity index is 1.67. The summed E-state index contributed by atoms with van der Waals surface area (Å²) in [6.45, 7) is 6.83. The normalized spacial score (nSPS) is 21.2. The van der Waals surface area contributed by atoms with Crippen molar-refractivity contribution in [1.82, 2.24) is 14.8 Å². The van der Waals surface area contributed by atoms with E-state index < -0.39 is 23.9 Å². The van der Waals surface area contributed by atoms with E-state index in [1.54, 1.807) is 31.7 Å². The number of rotatable bonds is 2. The first-order valence-electron chi connectivity index (χ1n) is 8.79. The second-order valence-electron chi connectivity index (χ2n) is 8.40. The van der Waals surface area contributed by atoms with Crippen LogP contribution in [-0.4, -0.2) is 58.8 Å². The number of pyridine rings is 1. The van der Waals surface area contributed by atoms with Crippen molar-refractivity contribution < 1.29 is 22.7 Å². The molecule has 27 heavy (non-hydrogen) atoms. The Hall–Kier alpha value is -1.35. The maximum absolute atomic E-state index is 13.7. The van der Waals surface area contributed by atoms with Gasteiger partial charge in [0.05, 0.1) is 5.69 Å². The predicted molar refractivity (Wildman–Crippen MR) is 97.2 cm³/mol. The van der Waals surface area contributed by atoms with Crippen LogP contribution in [0, 0.1) is 5.41 Å². The van der Waals surface area contributed by atoms with Crippen LogP contribution in [0.1, 0.15) is 38.9 Å². The molecule has 0 aliphatic carbocycles. The molecule has 1 amide bonds. The molecule has 2 saturated heterocycles. The highest BCUT2D eigenvalue weighted by Crippen LogP contribution is 2.46. The maximum atomic E-state index is 13.7. The highest BCUT2D eigenvalue weighted by Gasteiger charge is 2.55. The van der Waals surface area contributed by atoms with Gasteiger partial charge in [0.1, 0.15) is 11.6 Å². The fourth-order valence-electron chi connectivity index (χ4n) is 3.78. The molecule has 3 rings (SSSR count). The van der Waals surface area contributed by atoms with E-state index in [1.807, 2.05) is 0 Å². The van der Waals surface area contributed by atoms with E-state index in [0.717, 1.165) is 0 Å². The van der Waals surface area contributed by atoms with Crippen LogP contribution >= 0.6 is 15.9 Å². The monoisotopic (exact) mass is 449 g/mol. The Kier molecular flexibility index (Phi) is 5.22. The summed E-state index contributed by atoms with van der Waals surface area (Å²) in [4.78, 5) is 19.1. The number of amides is 1. The second kappa shape index (κ2) is 6.92. The number of ether oxygens (including phenoxy) is 1. The lowest BCUT2D eigenvalue weighted by Gasteiger charge is -2.48. The Bertz CT molecular complexity index is 697. The molecule has 0 bridgehead atoms. The van der Waals surface area contributed by atoms with Gasteiger partial charge >= 0.3 is 12.3 Å². The van der Waals surface area contributed by atoms with Gasteiger partial charge in [-0.1, -0.05) is 0 Å². The summed E-state index contributed by atoms with van der Waals surface area (Å²) in [5.41, 5.74) is -0.891. The molecular formula is C18H23BrF3N3O2. The Morgan fingerprint density at radius 3 is 2.44 bits per heavy atom. The average Bonchev–Trinajstić information content (AvgIpc) is 2.90. The zero-order chi connectivity index (χ0) is 20.0. The molecule has 9 heteroatoms. The fourth-order valence-corrected chi connectivity index (χ4v) is 4.01. The smallest absolute Gasteiger partial charge is 0.410 e. The summed E-state index contributed by atoms with van der Waals surface area (Å²) in [6.07, 6.45) is -2.82. The molecule has 150 valence electrons. The van der Waals surface area contributed by atoms with E-state index in [0.29, 0.717) is 30.5 Å². The molecule has 1 aromatic rings. The number of aromatic nitrogens is 1. The number of halogens is 4. The van der Waals surface area contributed by atoms with E-state index in [2.05, 4.69) is 20.9 Å². The summed E-state index contributed by atoms with van der Waals surface area (Å²) >= 11 is 3.20. The Morgan fingerprint density at radius 2 is 1.93 bits per heavy atom. The van der Waals surface area contributed by atoms with E-state index in [1.165, 1.54) is 17.2 Å². The zero-order valence-corrected chi connectivity index (χ0v) is 17.1. The number of alkyl halides is 3. The van der Waals surface area contributed by atoms with Gasteiger partial charge in [-0.15, -0.1) is 0 Å². The van der Waals surface area contributed by atoms with Gasteiger partial charge in [-0.3, -0.25) is 9.88 Å². The number of carbonyl (C=O) groups is 1. The summed E-state index contributed by atoms with van der Waals surface area (Å²) in [6, 6.07) is 1.24. The molecule has 2 aliphatic heterocycles. The van der Waals surface area contributed by atoms with E-state index in [4.69, 9.17) is 4.74 Å². The number of hydrogen-bond donors (Lipinski definition) is 0. The first kappa shape index (κ1) is 20.4. The highest BCUT2D eigenvalue weighted by molar-refractivity contribution is 9.10. The van der Waals surface area contributed by atoms with Crippen LogP contribution in [0.15, 0.2) is 22.8 Å². The molecule has 0 N–H and O–H groups in total. The minimum atomic E-state index is -4.42. The summed E-state index contributed by atoms with van der Waals surface area (Å²) in [7, 11) is 0. The third kappa shape index (κ3) is 4.56. The molecule has 1 unspecified atom stereocenters. The van der Waals surface area contributed by atoms with Gasteiger partial charge < -0.3 is 9.64 Å². The van der Waals surface area contributed by atoms with Gasteiger partial charge in [-0.2, -0.15) is 13.2 Å². The fraction of sp³-hybridized carbons (Fsp3) is 0.667. The van der Waals surface area contributed by atoms with Crippen LogP contribution in [0.25, 0.3) is 0 Å². The average molecular weight is 450 g/mol. The number of carbonyl (C=O) groups excluding carboxylic acids is 1. The van der Waals surface area contributed by atoms with Crippen LogP contribution in [0.5, 0.6) is 0 Å². The second-order valence-corrected chi connectivity index (χ2v) is 9.32. The van der Waals surface area contributed by atoms with Gasteiger partial charge in [0.25, 0.3) is 0 Å².